The molecule has 2 rings (SSSR count). The van der Waals surface area contributed by atoms with Gasteiger partial charge in [-0.05, 0) is 44.7 Å². The first-order valence-electron chi connectivity index (χ1n) is 7.25. The molecule has 0 saturated heterocycles. The molecule has 1 aromatic rings. The summed E-state index contributed by atoms with van der Waals surface area (Å²) in [5.74, 6) is -0.159. The fourth-order valence-corrected chi connectivity index (χ4v) is 3.06. The number of hydrogen-bond donors (Lipinski definition) is 3. The van der Waals surface area contributed by atoms with Gasteiger partial charge in [-0.15, -0.1) is 0 Å². The maximum absolute atomic E-state index is 11.9. The minimum Gasteiger partial charge on any atom is -0.389 e. The van der Waals surface area contributed by atoms with Crippen LogP contribution in [0.2, 0.25) is 0 Å². The smallest absolute Gasteiger partial charge is 0.241 e. The highest BCUT2D eigenvalue weighted by molar-refractivity contribution is 5.79. The summed E-state index contributed by atoms with van der Waals surface area (Å²) in [5, 5.41) is 10.2. The van der Waals surface area contributed by atoms with Crippen LogP contribution in [0.3, 0.4) is 0 Å². The van der Waals surface area contributed by atoms with E-state index in [9.17, 15) is 9.90 Å². The zero-order chi connectivity index (χ0) is 14.8. The highest BCUT2D eigenvalue weighted by Gasteiger charge is 2.33. The highest BCUT2D eigenvalue weighted by Crippen LogP contribution is 2.32. The van der Waals surface area contributed by atoms with Gasteiger partial charge in [0.1, 0.15) is 0 Å². The molecule has 110 valence electrons. The molecule has 0 radical (unpaired) electrons. The van der Waals surface area contributed by atoms with Gasteiger partial charge in [0.15, 0.2) is 0 Å². The fourth-order valence-electron chi connectivity index (χ4n) is 3.06. The van der Waals surface area contributed by atoms with E-state index in [4.69, 9.17) is 0 Å². The van der Waals surface area contributed by atoms with E-state index in [0.717, 1.165) is 42.5 Å². The normalized spacial score (nSPS) is 17.0. The van der Waals surface area contributed by atoms with Crippen LogP contribution < -0.4 is 10.9 Å². The van der Waals surface area contributed by atoms with Crippen LogP contribution in [0.25, 0.3) is 0 Å². The van der Waals surface area contributed by atoms with Crippen LogP contribution in [-0.4, -0.2) is 16.6 Å². The lowest BCUT2D eigenvalue weighted by Gasteiger charge is -2.22. The molecule has 1 aromatic carbocycles. The summed E-state index contributed by atoms with van der Waals surface area (Å²) in [7, 11) is 0. The molecule has 0 bridgehead atoms. The first kappa shape index (κ1) is 14.9. The van der Waals surface area contributed by atoms with E-state index in [0.29, 0.717) is 0 Å². The second-order valence-corrected chi connectivity index (χ2v) is 6.06. The zero-order valence-corrected chi connectivity index (χ0v) is 12.5. The van der Waals surface area contributed by atoms with Crippen molar-refractivity contribution in [1.82, 2.24) is 5.43 Å². The number of aryl methyl sites for hydroxylation is 3. The van der Waals surface area contributed by atoms with Crippen molar-refractivity contribution in [1.29, 1.82) is 0 Å². The molecule has 20 heavy (non-hydrogen) atoms. The van der Waals surface area contributed by atoms with E-state index in [1.165, 1.54) is 5.56 Å². The third kappa shape index (κ3) is 3.51. The Labute approximate surface area is 120 Å². The summed E-state index contributed by atoms with van der Waals surface area (Å²) in [5.41, 5.74) is 9.23. The average Bonchev–Trinajstić information content (AvgIpc) is 2.74. The van der Waals surface area contributed by atoms with Crippen molar-refractivity contribution in [3.8, 4) is 0 Å². The number of amides is 1. The molecule has 1 fully saturated rings. The number of nitrogens with one attached hydrogen (secondary N) is 2. The molecular weight excluding hydrogens is 252 g/mol. The summed E-state index contributed by atoms with van der Waals surface area (Å²) in [4.78, 5) is 11.9. The van der Waals surface area contributed by atoms with Crippen LogP contribution in [0.4, 0.5) is 5.69 Å². The maximum atomic E-state index is 11.9. The van der Waals surface area contributed by atoms with Gasteiger partial charge in [-0.1, -0.05) is 30.5 Å². The van der Waals surface area contributed by atoms with Crippen molar-refractivity contribution in [2.24, 2.45) is 0 Å². The van der Waals surface area contributed by atoms with Gasteiger partial charge in [0, 0.05) is 0 Å². The van der Waals surface area contributed by atoms with E-state index < -0.39 is 5.60 Å². The molecule has 0 unspecified atom stereocenters. The summed E-state index contributed by atoms with van der Waals surface area (Å²) >= 11 is 0. The average molecular weight is 276 g/mol. The van der Waals surface area contributed by atoms with Gasteiger partial charge < -0.3 is 5.11 Å². The van der Waals surface area contributed by atoms with Gasteiger partial charge in [0.25, 0.3) is 0 Å². The van der Waals surface area contributed by atoms with E-state index in [-0.39, 0.29) is 12.3 Å². The predicted octanol–water partition coefficient (Wildman–Crippen LogP) is 2.75. The van der Waals surface area contributed by atoms with E-state index in [1.807, 2.05) is 13.8 Å². The van der Waals surface area contributed by atoms with Gasteiger partial charge in [0.05, 0.1) is 17.7 Å². The first-order valence-corrected chi connectivity index (χ1v) is 7.25. The fraction of sp³-hybridized carbons (Fsp3) is 0.562. The monoisotopic (exact) mass is 276 g/mol. The quantitative estimate of drug-likeness (QED) is 0.741. The standard InChI is InChI=1S/C16H24N2O2/c1-11-8-12(2)15(13(3)9-11)18-17-14(19)10-16(20)6-4-5-7-16/h8-9,18,20H,4-7,10H2,1-3H3,(H,17,19). The Morgan fingerprint density at radius 3 is 2.30 bits per heavy atom. The van der Waals surface area contributed by atoms with Crippen molar-refractivity contribution >= 4 is 11.6 Å². The second kappa shape index (κ2) is 5.83. The Balaban J connectivity index is 1.93. The van der Waals surface area contributed by atoms with Crippen molar-refractivity contribution < 1.29 is 9.90 Å². The molecule has 4 heteroatoms. The Hall–Kier alpha value is -1.55. The number of benzene rings is 1. The lowest BCUT2D eigenvalue weighted by Crippen LogP contribution is -2.37. The van der Waals surface area contributed by atoms with Gasteiger partial charge in [-0.2, -0.15) is 0 Å². The highest BCUT2D eigenvalue weighted by atomic mass is 16.3. The summed E-state index contributed by atoms with van der Waals surface area (Å²) in [6.07, 6.45) is 3.64. The van der Waals surface area contributed by atoms with Crippen molar-refractivity contribution in [3.05, 3.63) is 28.8 Å². The Bertz CT molecular complexity index is 482. The predicted molar refractivity (Wildman–Crippen MR) is 80.5 cm³/mol. The first-order chi connectivity index (χ1) is 9.39. The molecule has 1 amide bonds. The maximum Gasteiger partial charge on any atom is 0.241 e. The summed E-state index contributed by atoms with van der Waals surface area (Å²) in [6.45, 7) is 6.08. The molecule has 1 saturated carbocycles. The Morgan fingerprint density at radius 2 is 1.75 bits per heavy atom. The second-order valence-electron chi connectivity index (χ2n) is 6.06. The number of carbonyl (C=O) groups excluding carboxylic acids is 1. The van der Waals surface area contributed by atoms with Crippen molar-refractivity contribution in [2.45, 2.75) is 58.5 Å². The van der Waals surface area contributed by atoms with Crippen LogP contribution in [0.5, 0.6) is 0 Å². The molecule has 4 nitrogen and oxygen atoms in total. The Kier molecular flexibility index (Phi) is 4.33. The largest absolute Gasteiger partial charge is 0.389 e. The van der Waals surface area contributed by atoms with Crippen LogP contribution in [0.1, 0.15) is 48.8 Å². The minimum absolute atomic E-state index is 0.159. The number of aliphatic hydroxyl groups is 1. The van der Waals surface area contributed by atoms with Crippen LogP contribution in [0.15, 0.2) is 12.1 Å². The summed E-state index contributed by atoms with van der Waals surface area (Å²) < 4.78 is 0. The molecule has 0 atom stereocenters. The lowest BCUT2D eigenvalue weighted by molar-refractivity contribution is -0.125. The summed E-state index contributed by atoms with van der Waals surface area (Å²) in [6, 6.07) is 4.15. The van der Waals surface area contributed by atoms with Crippen LogP contribution >= 0.6 is 0 Å². The number of rotatable bonds is 4. The molecule has 0 heterocycles. The van der Waals surface area contributed by atoms with Gasteiger partial charge in [0.2, 0.25) is 5.91 Å². The molecule has 0 aromatic heterocycles. The minimum atomic E-state index is -0.802. The molecule has 3 N–H and O–H groups in total. The number of hydrazine groups is 1. The molecule has 0 spiro atoms. The van der Waals surface area contributed by atoms with Crippen LogP contribution in [0, 0.1) is 20.8 Å². The van der Waals surface area contributed by atoms with E-state index in [1.54, 1.807) is 0 Å². The zero-order valence-electron chi connectivity index (χ0n) is 12.5. The van der Waals surface area contributed by atoms with Crippen molar-refractivity contribution in [2.75, 3.05) is 5.43 Å². The molecule has 1 aliphatic rings. The Morgan fingerprint density at radius 1 is 1.20 bits per heavy atom. The van der Waals surface area contributed by atoms with Crippen molar-refractivity contribution in [3.63, 3.8) is 0 Å². The third-order valence-electron chi connectivity index (χ3n) is 4.03. The number of carbonyl (C=O) groups is 1. The van der Waals surface area contributed by atoms with Gasteiger partial charge in [-0.3, -0.25) is 15.6 Å². The topological polar surface area (TPSA) is 61.4 Å². The number of hydrogen-bond acceptors (Lipinski definition) is 3. The molecular formula is C16H24N2O2. The van der Waals surface area contributed by atoms with Gasteiger partial charge >= 0.3 is 0 Å². The van der Waals surface area contributed by atoms with Gasteiger partial charge in [-0.25, -0.2) is 0 Å². The molecule has 1 aliphatic carbocycles. The third-order valence-corrected chi connectivity index (χ3v) is 4.03. The van der Waals surface area contributed by atoms with Crippen LogP contribution in [-0.2, 0) is 4.79 Å². The molecule has 0 aliphatic heterocycles. The SMILES string of the molecule is Cc1cc(C)c(NNC(=O)CC2(O)CCCC2)c(C)c1. The number of anilines is 1. The van der Waals surface area contributed by atoms with E-state index >= 15 is 0 Å². The van der Waals surface area contributed by atoms with E-state index in [2.05, 4.69) is 29.9 Å². The lowest BCUT2D eigenvalue weighted by atomic mass is 9.98.